The molecule has 3 N–H and O–H groups in total. The summed E-state index contributed by atoms with van der Waals surface area (Å²) in [5.74, 6) is -2.51. The number of piperazine rings is 1. The van der Waals surface area contributed by atoms with Gasteiger partial charge in [0, 0.05) is 46.1 Å². The van der Waals surface area contributed by atoms with E-state index >= 15 is 0 Å². The van der Waals surface area contributed by atoms with E-state index in [1.807, 2.05) is 6.07 Å². The van der Waals surface area contributed by atoms with Crippen LogP contribution in [0.5, 0.6) is 0 Å². The number of benzene rings is 2. The van der Waals surface area contributed by atoms with E-state index in [-0.39, 0.29) is 17.3 Å². The van der Waals surface area contributed by atoms with Crippen molar-refractivity contribution in [3.63, 3.8) is 0 Å². The average Bonchev–Trinajstić information content (AvgIpc) is 2.95. The third-order valence-corrected chi connectivity index (χ3v) is 7.28. The number of aliphatic carboxylic acids is 2. The maximum Gasteiger partial charge on any atom is 0.328 e. The highest BCUT2D eigenvalue weighted by Crippen LogP contribution is 2.43. The summed E-state index contributed by atoms with van der Waals surface area (Å²) in [6.45, 7) is 2.83. The molecule has 0 saturated carbocycles. The van der Waals surface area contributed by atoms with Crippen molar-refractivity contribution in [3.8, 4) is 0 Å². The number of nitrogens with zero attached hydrogens (tertiary/aromatic N) is 2. The number of fused-ring (bicyclic) bond motifs is 2. The van der Waals surface area contributed by atoms with Gasteiger partial charge in [0.15, 0.2) is 0 Å². The van der Waals surface area contributed by atoms with Crippen molar-refractivity contribution >= 4 is 35.3 Å². The topological polar surface area (TPSA) is 121 Å². The molecule has 0 spiro atoms. The molecule has 8 nitrogen and oxygen atoms in total. The van der Waals surface area contributed by atoms with E-state index in [2.05, 4.69) is 41.3 Å². The van der Waals surface area contributed by atoms with E-state index < -0.39 is 11.9 Å². The van der Waals surface area contributed by atoms with Crippen molar-refractivity contribution < 1.29 is 29.6 Å². The zero-order valence-electron chi connectivity index (χ0n) is 18.5. The van der Waals surface area contributed by atoms with E-state index in [4.69, 9.17) is 26.9 Å². The van der Waals surface area contributed by atoms with Crippen LogP contribution in [-0.4, -0.2) is 76.1 Å². The van der Waals surface area contributed by atoms with Crippen LogP contribution in [0.1, 0.15) is 17.2 Å². The second-order valence-corrected chi connectivity index (χ2v) is 9.63. The number of aliphatic hydroxyl groups is 1. The molecule has 1 unspecified atom stereocenters. The summed E-state index contributed by atoms with van der Waals surface area (Å²) in [4.78, 5) is 24.1. The molecule has 0 radical (unpaired) electrons. The number of hydroxylamine groups is 3. The predicted octanol–water partition coefficient (Wildman–Crippen LogP) is 3.42. The van der Waals surface area contributed by atoms with Gasteiger partial charge in [-0.25, -0.2) is 9.59 Å². The SMILES string of the molecule is O=C(O)/C=C/C(=O)O.[O-][N+]1(CCO)CCN(C2Cc3cc(Cl)ccc3Sc3ccccc32)CC1. The number of rotatable bonds is 5. The first-order valence-corrected chi connectivity index (χ1v) is 12.0. The Labute approximate surface area is 207 Å². The standard InChI is InChI=1S/C20H23ClN2O2S.C4H4O4/c21-16-5-6-19-15(13-16)14-18(17-3-1-2-4-20(17)26-19)22-7-9-23(25,10-8-22)11-12-24;5-3(6)1-2-4(7)8/h1-6,13,18,24H,7-12,14H2;1-2H,(H,5,6)(H,7,8)/b;2-1+. The van der Waals surface area contributed by atoms with Crippen LogP contribution in [0.3, 0.4) is 0 Å². The maximum absolute atomic E-state index is 12.6. The Morgan fingerprint density at radius 1 is 1.09 bits per heavy atom. The molecule has 1 atom stereocenters. The Balaban J connectivity index is 0.000000350. The zero-order chi connectivity index (χ0) is 24.7. The molecule has 2 aromatic rings. The first-order chi connectivity index (χ1) is 16.2. The molecule has 2 aliphatic heterocycles. The van der Waals surface area contributed by atoms with Crippen molar-refractivity contribution in [3.05, 3.63) is 76.0 Å². The maximum atomic E-state index is 12.6. The number of hydrogen-bond donors (Lipinski definition) is 3. The molecule has 10 heteroatoms. The number of carboxylic acids is 2. The Bertz CT molecular complexity index is 1040. The first kappa shape index (κ1) is 26.2. The van der Waals surface area contributed by atoms with E-state index in [0.717, 1.165) is 24.5 Å². The lowest BCUT2D eigenvalue weighted by molar-refractivity contribution is -0.885. The third-order valence-electron chi connectivity index (χ3n) is 5.84. The van der Waals surface area contributed by atoms with Gasteiger partial charge >= 0.3 is 11.9 Å². The number of aliphatic hydroxyl groups excluding tert-OH is 1. The fourth-order valence-corrected chi connectivity index (χ4v) is 5.43. The summed E-state index contributed by atoms with van der Waals surface area (Å²) < 4.78 is -0.279. The van der Waals surface area contributed by atoms with Crippen LogP contribution in [0.2, 0.25) is 5.02 Å². The predicted molar refractivity (Wildman–Crippen MR) is 130 cm³/mol. The molecule has 0 amide bonds. The minimum atomic E-state index is -1.26. The Morgan fingerprint density at radius 3 is 2.35 bits per heavy atom. The van der Waals surface area contributed by atoms with Gasteiger partial charge in [0.2, 0.25) is 0 Å². The lowest BCUT2D eigenvalue weighted by Gasteiger charge is -2.49. The summed E-state index contributed by atoms with van der Waals surface area (Å²) in [7, 11) is 0. The molecule has 34 heavy (non-hydrogen) atoms. The number of hydrogen-bond acceptors (Lipinski definition) is 6. The number of halogens is 1. The van der Waals surface area contributed by atoms with Crippen molar-refractivity contribution in [2.24, 2.45) is 0 Å². The first-order valence-electron chi connectivity index (χ1n) is 10.8. The minimum Gasteiger partial charge on any atom is -0.633 e. The quantitative estimate of drug-likeness (QED) is 0.320. The van der Waals surface area contributed by atoms with Gasteiger partial charge < -0.3 is 25.2 Å². The lowest BCUT2D eigenvalue weighted by atomic mass is 9.96. The second-order valence-electron chi connectivity index (χ2n) is 8.11. The van der Waals surface area contributed by atoms with Crippen LogP contribution >= 0.6 is 23.4 Å². The molecule has 2 heterocycles. The van der Waals surface area contributed by atoms with Crippen molar-refractivity contribution in [2.45, 2.75) is 22.3 Å². The largest absolute Gasteiger partial charge is 0.633 e. The normalized spacial score (nSPS) is 19.3. The summed E-state index contributed by atoms with van der Waals surface area (Å²) >= 11 is 8.06. The minimum absolute atomic E-state index is 0.0434. The van der Waals surface area contributed by atoms with Crippen LogP contribution in [0.15, 0.2) is 64.4 Å². The van der Waals surface area contributed by atoms with Crippen molar-refractivity contribution in [1.82, 2.24) is 4.90 Å². The van der Waals surface area contributed by atoms with Gasteiger partial charge in [0.05, 0.1) is 19.7 Å². The fourth-order valence-electron chi connectivity index (χ4n) is 4.12. The highest BCUT2D eigenvalue weighted by atomic mass is 35.5. The van der Waals surface area contributed by atoms with Crippen molar-refractivity contribution in [1.29, 1.82) is 0 Å². The molecular weight excluding hydrogens is 480 g/mol. The monoisotopic (exact) mass is 506 g/mol. The molecule has 0 aromatic heterocycles. The molecule has 182 valence electrons. The van der Waals surface area contributed by atoms with Crippen molar-refractivity contribution in [2.75, 3.05) is 39.3 Å². The summed E-state index contributed by atoms with van der Waals surface area (Å²) in [5, 5.41) is 38.2. The Morgan fingerprint density at radius 2 is 1.74 bits per heavy atom. The van der Waals surface area contributed by atoms with Gasteiger partial charge in [-0.05, 0) is 41.8 Å². The number of quaternary nitrogens is 1. The van der Waals surface area contributed by atoms with E-state index in [1.54, 1.807) is 11.8 Å². The second kappa shape index (κ2) is 11.8. The van der Waals surface area contributed by atoms with Gasteiger partial charge in [-0.3, -0.25) is 4.90 Å². The summed E-state index contributed by atoms with van der Waals surface area (Å²) in [5.41, 5.74) is 2.60. The molecule has 2 aromatic carbocycles. The van der Waals surface area contributed by atoms with Crippen LogP contribution in [-0.2, 0) is 16.0 Å². The van der Waals surface area contributed by atoms with Crippen LogP contribution in [0, 0.1) is 5.21 Å². The van der Waals surface area contributed by atoms with Crippen LogP contribution < -0.4 is 0 Å². The fraction of sp³-hybridized carbons (Fsp3) is 0.333. The van der Waals surface area contributed by atoms with E-state index in [0.29, 0.717) is 31.8 Å². The third kappa shape index (κ3) is 7.05. The Hall–Kier alpha value is -2.40. The zero-order valence-corrected chi connectivity index (χ0v) is 20.0. The molecule has 0 bridgehead atoms. The summed E-state index contributed by atoms with van der Waals surface area (Å²) in [6, 6.07) is 15.0. The van der Waals surface area contributed by atoms with E-state index in [9.17, 15) is 14.8 Å². The van der Waals surface area contributed by atoms with Crippen LogP contribution in [0.4, 0.5) is 0 Å². The highest BCUT2D eigenvalue weighted by molar-refractivity contribution is 7.99. The molecule has 1 saturated heterocycles. The van der Waals surface area contributed by atoms with Gasteiger partial charge in [0.1, 0.15) is 6.54 Å². The van der Waals surface area contributed by atoms with Gasteiger partial charge in [0.25, 0.3) is 0 Å². The summed E-state index contributed by atoms with van der Waals surface area (Å²) in [6.07, 6.45) is 2.02. The van der Waals surface area contributed by atoms with Gasteiger partial charge in [-0.1, -0.05) is 41.6 Å². The molecule has 0 aliphatic carbocycles. The lowest BCUT2D eigenvalue weighted by Crippen LogP contribution is -2.57. The Kier molecular flexibility index (Phi) is 9.12. The highest BCUT2D eigenvalue weighted by Gasteiger charge is 2.33. The van der Waals surface area contributed by atoms with Gasteiger partial charge in [-0.15, -0.1) is 0 Å². The smallest absolute Gasteiger partial charge is 0.328 e. The molecule has 2 aliphatic rings. The average molecular weight is 507 g/mol. The van der Waals surface area contributed by atoms with E-state index in [1.165, 1.54) is 20.9 Å². The molecule has 1 fully saturated rings. The van der Waals surface area contributed by atoms with Crippen LogP contribution in [0.25, 0.3) is 0 Å². The number of carbonyl (C=O) groups is 2. The van der Waals surface area contributed by atoms with Gasteiger partial charge in [-0.2, -0.15) is 0 Å². The molecular formula is C24H27ClN2O6S. The number of carboxylic acid groups (broad SMARTS) is 2. The molecule has 4 rings (SSSR count).